The lowest BCUT2D eigenvalue weighted by molar-refractivity contribution is -0.154. The van der Waals surface area contributed by atoms with Gasteiger partial charge in [-0.1, -0.05) is 12.1 Å². The average Bonchev–Trinajstić information content (AvgIpc) is 2.18. The van der Waals surface area contributed by atoms with Crippen LogP contribution in [0.15, 0.2) is 29.2 Å². The molecule has 0 aromatic heterocycles. The van der Waals surface area contributed by atoms with Crippen molar-refractivity contribution in [1.29, 1.82) is 0 Å². The molecular weight excluding hydrogens is 239 g/mol. The molecule has 0 radical (unpaired) electrons. The number of thioether (sulfide) groups is 1. The van der Waals surface area contributed by atoms with Gasteiger partial charge in [0.2, 0.25) is 0 Å². The van der Waals surface area contributed by atoms with Gasteiger partial charge in [0.05, 0.1) is 6.42 Å². The van der Waals surface area contributed by atoms with E-state index in [1.165, 1.54) is 17.8 Å². The second kappa shape index (κ2) is 6.05. The molecule has 0 unspecified atom stereocenters. The molecule has 0 spiro atoms. The van der Waals surface area contributed by atoms with Crippen molar-refractivity contribution in [1.82, 2.24) is 0 Å². The van der Waals surface area contributed by atoms with Gasteiger partial charge in [-0.15, -0.1) is 11.8 Å². The lowest BCUT2D eigenvalue weighted by Gasteiger charge is -2.19. The Morgan fingerprint density at radius 2 is 2.00 bits per heavy atom. The van der Waals surface area contributed by atoms with Crippen LogP contribution < -0.4 is 0 Å². The van der Waals surface area contributed by atoms with E-state index in [0.29, 0.717) is 10.6 Å². The summed E-state index contributed by atoms with van der Waals surface area (Å²) >= 11 is 1.33. The summed E-state index contributed by atoms with van der Waals surface area (Å²) in [7, 11) is 0. The summed E-state index contributed by atoms with van der Waals surface area (Å²) in [6.45, 7) is 5.48. The molecule has 4 heteroatoms. The van der Waals surface area contributed by atoms with Gasteiger partial charge >= 0.3 is 5.97 Å². The van der Waals surface area contributed by atoms with Crippen molar-refractivity contribution in [3.63, 3.8) is 0 Å². The molecule has 0 aliphatic heterocycles. The van der Waals surface area contributed by atoms with Crippen LogP contribution in [0, 0.1) is 5.82 Å². The van der Waals surface area contributed by atoms with Crippen LogP contribution in [0.3, 0.4) is 0 Å². The highest BCUT2D eigenvalue weighted by atomic mass is 32.2. The molecule has 1 aromatic rings. The molecule has 0 aliphatic rings. The predicted molar refractivity (Wildman–Crippen MR) is 67.6 cm³/mol. The molecule has 94 valence electrons. The number of esters is 1. The Hall–Kier alpha value is -1.03. The molecule has 2 nitrogen and oxygen atoms in total. The number of hydrogen-bond acceptors (Lipinski definition) is 3. The van der Waals surface area contributed by atoms with Gasteiger partial charge in [-0.25, -0.2) is 4.39 Å². The lowest BCUT2D eigenvalue weighted by atomic mass is 10.2. The Morgan fingerprint density at radius 1 is 1.35 bits per heavy atom. The first-order chi connectivity index (χ1) is 7.88. The minimum Gasteiger partial charge on any atom is -0.460 e. The summed E-state index contributed by atoms with van der Waals surface area (Å²) in [6, 6.07) is 6.54. The summed E-state index contributed by atoms with van der Waals surface area (Å²) in [5.41, 5.74) is -0.459. The molecule has 0 fully saturated rings. The minimum absolute atomic E-state index is 0.248. The maximum atomic E-state index is 13.2. The maximum Gasteiger partial charge on any atom is 0.307 e. The van der Waals surface area contributed by atoms with E-state index in [1.54, 1.807) is 18.2 Å². The first-order valence-electron chi connectivity index (χ1n) is 5.48. The molecule has 0 heterocycles. The molecule has 0 bridgehead atoms. The molecule has 0 saturated heterocycles. The number of halogens is 1. The smallest absolute Gasteiger partial charge is 0.307 e. The van der Waals surface area contributed by atoms with E-state index < -0.39 is 5.60 Å². The Balaban J connectivity index is 2.34. The van der Waals surface area contributed by atoms with E-state index >= 15 is 0 Å². The van der Waals surface area contributed by atoms with Crippen molar-refractivity contribution >= 4 is 17.7 Å². The van der Waals surface area contributed by atoms with E-state index in [4.69, 9.17) is 4.74 Å². The quantitative estimate of drug-likeness (QED) is 0.607. The van der Waals surface area contributed by atoms with E-state index in [2.05, 4.69) is 0 Å². The van der Waals surface area contributed by atoms with Crippen LogP contribution in [0.2, 0.25) is 0 Å². The number of ether oxygens (including phenoxy) is 1. The highest BCUT2D eigenvalue weighted by Crippen LogP contribution is 2.22. The largest absolute Gasteiger partial charge is 0.460 e. The van der Waals surface area contributed by atoms with Crippen LogP contribution in [0.25, 0.3) is 0 Å². The minimum atomic E-state index is -0.459. The van der Waals surface area contributed by atoms with Gasteiger partial charge in [0.25, 0.3) is 0 Å². The third-order valence-corrected chi connectivity index (χ3v) is 2.87. The summed E-state index contributed by atoms with van der Waals surface area (Å²) in [5.74, 6) is 0.0265. The summed E-state index contributed by atoms with van der Waals surface area (Å²) < 4.78 is 18.4. The van der Waals surface area contributed by atoms with Crippen molar-refractivity contribution in [2.75, 3.05) is 5.75 Å². The third-order valence-electron chi connectivity index (χ3n) is 1.82. The normalized spacial score (nSPS) is 11.3. The summed E-state index contributed by atoms with van der Waals surface area (Å²) in [6.07, 6.45) is 0.288. The molecule has 1 aromatic carbocycles. The van der Waals surface area contributed by atoms with Crippen molar-refractivity contribution < 1.29 is 13.9 Å². The van der Waals surface area contributed by atoms with E-state index in [0.717, 1.165) is 0 Å². The highest BCUT2D eigenvalue weighted by Gasteiger charge is 2.15. The third kappa shape index (κ3) is 5.73. The van der Waals surface area contributed by atoms with E-state index in [9.17, 15) is 9.18 Å². The van der Waals surface area contributed by atoms with Crippen molar-refractivity contribution in [3.05, 3.63) is 30.1 Å². The maximum absolute atomic E-state index is 13.2. The second-order valence-electron chi connectivity index (χ2n) is 4.62. The Labute approximate surface area is 106 Å². The highest BCUT2D eigenvalue weighted by molar-refractivity contribution is 7.99. The molecule has 0 amide bonds. The molecular formula is C13H17FO2S. The second-order valence-corrected chi connectivity index (χ2v) is 5.75. The summed E-state index contributed by atoms with van der Waals surface area (Å²) in [4.78, 5) is 12.0. The van der Waals surface area contributed by atoms with Gasteiger partial charge in [-0.05, 0) is 32.9 Å². The van der Waals surface area contributed by atoms with Crippen molar-refractivity contribution in [2.24, 2.45) is 0 Å². The topological polar surface area (TPSA) is 26.3 Å². The number of hydrogen-bond donors (Lipinski definition) is 0. The standard InChI is InChI=1S/C13H17FO2S/c1-13(2,3)16-12(15)8-9-17-11-7-5-4-6-10(11)14/h4-7H,8-9H2,1-3H3. The van der Waals surface area contributed by atoms with E-state index in [1.807, 2.05) is 20.8 Å². The van der Waals surface area contributed by atoms with Crippen LogP contribution in [0.4, 0.5) is 4.39 Å². The Morgan fingerprint density at radius 3 is 2.59 bits per heavy atom. The first-order valence-corrected chi connectivity index (χ1v) is 6.46. The van der Waals surface area contributed by atoms with Gasteiger partial charge in [0, 0.05) is 10.6 Å². The molecule has 0 atom stereocenters. The van der Waals surface area contributed by atoms with Gasteiger partial charge in [-0.2, -0.15) is 0 Å². The van der Waals surface area contributed by atoms with E-state index in [-0.39, 0.29) is 18.2 Å². The van der Waals surface area contributed by atoms with Crippen LogP contribution in [0.5, 0.6) is 0 Å². The average molecular weight is 256 g/mol. The lowest BCUT2D eigenvalue weighted by Crippen LogP contribution is -2.24. The van der Waals surface area contributed by atoms with Gasteiger partial charge in [-0.3, -0.25) is 4.79 Å². The summed E-state index contributed by atoms with van der Waals surface area (Å²) in [5, 5.41) is 0. The van der Waals surface area contributed by atoms with Crippen LogP contribution >= 0.6 is 11.8 Å². The molecule has 0 aliphatic carbocycles. The van der Waals surface area contributed by atoms with Crippen LogP contribution in [-0.2, 0) is 9.53 Å². The van der Waals surface area contributed by atoms with Gasteiger partial charge < -0.3 is 4.74 Å². The van der Waals surface area contributed by atoms with Crippen molar-refractivity contribution in [3.8, 4) is 0 Å². The fourth-order valence-corrected chi connectivity index (χ4v) is 2.07. The van der Waals surface area contributed by atoms with Gasteiger partial charge in [0.1, 0.15) is 11.4 Å². The Bertz CT molecular complexity index is 385. The fourth-order valence-electron chi connectivity index (χ4n) is 1.20. The number of carbonyl (C=O) groups excluding carboxylic acids is 1. The monoisotopic (exact) mass is 256 g/mol. The number of rotatable bonds is 4. The molecule has 1 rings (SSSR count). The zero-order valence-electron chi connectivity index (χ0n) is 10.3. The fraction of sp³-hybridized carbons (Fsp3) is 0.462. The number of carbonyl (C=O) groups is 1. The van der Waals surface area contributed by atoms with Crippen LogP contribution in [0.1, 0.15) is 27.2 Å². The predicted octanol–water partition coefficient (Wildman–Crippen LogP) is 3.65. The molecule has 0 N–H and O–H groups in total. The van der Waals surface area contributed by atoms with Gasteiger partial charge in [0.15, 0.2) is 0 Å². The van der Waals surface area contributed by atoms with Crippen molar-refractivity contribution in [2.45, 2.75) is 37.7 Å². The van der Waals surface area contributed by atoms with Crippen LogP contribution in [-0.4, -0.2) is 17.3 Å². The Kier molecular flexibility index (Phi) is 5.00. The number of benzene rings is 1. The first kappa shape index (κ1) is 14.0. The zero-order chi connectivity index (χ0) is 12.9. The molecule has 17 heavy (non-hydrogen) atoms. The zero-order valence-corrected chi connectivity index (χ0v) is 11.1. The SMILES string of the molecule is CC(C)(C)OC(=O)CCSc1ccccc1F. The molecule has 0 saturated carbocycles.